The van der Waals surface area contributed by atoms with Gasteiger partial charge < -0.3 is 0 Å². The van der Waals surface area contributed by atoms with Gasteiger partial charge in [0.2, 0.25) is 0 Å². The van der Waals surface area contributed by atoms with Crippen LogP contribution >= 0.6 is 17.0 Å². The topological polar surface area (TPSA) is 0 Å². The maximum absolute atomic E-state index is 4.93. The predicted molar refractivity (Wildman–Crippen MR) is 243 cm³/mol. The van der Waals surface area contributed by atoms with E-state index in [-0.39, 0.29) is 0 Å². The molecule has 0 amide bonds. The van der Waals surface area contributed by atoms with Gasteiger partial charge in [-0.3, -0.25) is 0 Å². The first kappa shape index (κ1) is 46.2. The summed E-state index contributed by atoms with van der Waals surface area (Å²) in [6.45, 7) is 22.6. The van der Waals surface area contributed by atoms with Crippen LogP contribution in [0.4, 0.5) is 0 Å². The fourth-order valence-corrected chi connectivity index (χ4v) is 7.48. The van der Waals surface area contributed by atoms with Gasteiger partial charge in [0.1, 0.15) is 0 Å². The molecule has 0 saturated heterocycles. The molecule has 2 radical (unpaired) electrons. The van der Waals surface area contributed by atoms with Crippen LogP contribution in [0.15, 0.2) is 97.1 Å². The predicted octanol–water partition coefficient (Wildman–Crippen LogP) is 16.7. The van der Waals surface area contributed by atoms with E-state index in [1.54, 1.807) is 0 Å². The van der Waals surface area contributed by atoms with E-state index in [1.807, 2.05) is 0 Å². The van der Waals surface area contributed by atoms with E-state index >= 15 is 0 Å². The minimum absolute atomic E-state index is 0.626. The third-order valence-corrected chi connectivity index (χ3v) is 10.7. The fraction of sp³-hybridized carbons (Fsp3) is 0.400. The van der Waals surface area contributed by atoms with E-state index in [4.69, 9.17) is 17.0 Å². The molecule has 0 aliphatic rings. The van der Waals surface area contributed by atoms with Crippen molar-refractivity contribution in [3.63, 3.8) is 0 Å². The molecule has 2 atom stereocenters. The Morgan fingerprint density at radius 1 is 0.556 bits per heavy atom. The van der Waals surface area contributed by atoms with E-state index in [2.05, 4.69) is 166 Å². The van der Waals surface area contributed by atoms with Crippen LogP contribution in [0.1, 0.15) is 126 Å². The molecule has 0 saturated carbocycles. The molecule has 2 unspecified atom stereocenters. The average molecular weight is 855 g/mol. The SMILES string of the molecule is CCCc1ccc2[cH-]c(C(C)CC)cc2c1-c1ccccc1CC.CCCc1ccc2[cH-]c(C(C)CC)cc2c1-c1ccccc1CC.C[Si]C.[Cl][Zr+2][Cl]. The van der Waals surface area contributed by atoms with Crippen LogP contribution in [0, 0.1) is 0 Å². The number of rotatable bonds is 12. The quantitative estimate of drug-likeness (QED) is 0.0850. The van der Waals surface area contributed by atoms with Crippen molar-refractivity contribution in [3.05, 3.63) is 130 Å². The van der Waals surface area contributed by atoms with Crippen molar-refractivity contribution < 1.29 is 20.8 Å². The van der Waals surface area contributed by atoms with Gasteiger partial charge in [0, 0.05) is 9.52 Å². The van der Waals surface area contributed by atoms with Crippen LogP contribution in [0.3, 0.4) is 0 Å². The van der Waals surface area contributed by atoms with Crippen LogP contribution in [0.5, 0.6) is 0 Å². The van der Waals surface area contributed by atoms with Crippen molar-refractivity contribution in [2.45, 2.75) is 132 Å². The molecule has 0 fully saturated rings. The minimum atomic E-state index is -0.826. The van der Waals surface area contributed by atoms with Crippen LogP contribution in [-0.4, -0.2) is 9.52 Å². The maximum atomic E-state index is 4.93. The molecule has 6 aromatic carbocycles. The Bertz CT molecular complexity index is 1840. The van der Waals surface area contributed by atoms with Crippen molar-refractivity contribution in [3.8, 4) is 22.3 Å². The zero-order valence-electron chi connectivity index (χ0n) is 34.8. The summed E-state index contributed by atoms with van der Waals surface area (Å²) in [5.74, 6) is 1.25. The zero-order chi connectivity index (χ0) is 39.6. The van der Waals surface area contributed by atoms with Gasteiger partial charge in [-0.1, -0.05) is 165 Å². The van der Waals surface area contributed by atoms with E-state index in [0.29, 0.717) is 11.8 Å². The molecule has 4 heteroatoms. The molecular formula is C50H64Cl2SiZr. The Hall–Kier alpha value is -2.22. The molecule has 6 rings (SSSR count). The van der Waals surface area contributed by atoms with E-state index in [9.17, 15) is 0 Å². The van der Waals surface area contributed by atoms with E-state index in [0.717, 1.165) is 35.2 Å². The van der Waals surface area contributed by atoms with Gasteiger partial charge in [0.25, 0.3) is 0 Å². The Morgan fingerprint density at radius 3 is 1.22 bits per heavy atom. The normalized spacial score (nSPS) is 11.8. The van der Waals surface area contributed by atoms with Crippen molar-refractivity contribution in [2.24, 2.45) is 0 Å². The Balaban J connectivity index is 0.000000254. The van der Waals surface area contributed by atoms with Gasteiger partial charge in [0.15, 0.2) is 0 Å². The third-order valence-electron chi connectivity index (χ3n) is 10.7. The summed E-state index contributed by atoms with van der Waals surface area (Å²) in [7, 11) is 11.0. The van der Waals surface area contributed by atoms with Crippen LogP contribution in [0.2, 0.25) is 13.1 Å². The van der Waals surface area contributed by atoms with Crippen LogP contribution in [-0.2, 0) is 46.5 Å². The second kappa shape index (κ2) is 24.4. The second-order valence-electron chi connectivity index (χ2n) is 14.5. The van der Waals surface area contributed by atoms with Crippen molar-refractivity contribution >= 4 is 48.1 Å². The summed E-state index contributed by atoms with van der Waals surface area (Å²) in [5, 5.41) is 5.67. The van der Waals surface area contributed by atoms with E-state index < -0.39 is 20.8 Å². The number of halogens is 2. The van der Waals surface area contributed by atoms with Crippen molar-refractivity contribution in [1.82, 2.24) is 0 Å². The zero-order valence-corrected chi connectivity index (χ0v) is 39.8. The molecule has 286 valence electrons. The number of aryl methyl sites for hydroxylation is 4. The van der Waals surface area contributed by atoms with Crippen molar-refractivity contribution in [2.75, 3.05) is 0 Å². The second-order valence-corrected chi connectivity index (χ2v) is 19.2. The molecule has 0 aliphatic heterocycles. The van der Waals surface area contributed by atoms with Gasteiger partial charge in [-0.05, 0) is 59.8 Å². The number of hydrogen-bond donors (Lipinski definition) is 0. The Labute approximate surface area is 350 Å². The van der Waals surface area contributed by atoms with Gasteiger partial charge in [-0.25, -0.2) is 0 Å². The molecule has 0 bridgehead atoms. The van der Waals surface area contributed by atoms with E-state index in [1.165, 1.54) is 103 Å². The standard InChI is InChI=1S/2C24H29.C2H6Si.2ClH.Zr/c2*1-5-10-19-13-14-20-15-21(17(4)6-2)16-23(20)24(19)22-12-9-8-11-18(22)7-3;1-3-2;;;/h2*8-9,11-17H,5-7,10H2,1-4H3;1-2H3;2*1H;/q2*-1;;;;+4/p-2. The monoisotopic (exact) mass is 852 g/mol. The Morgan fingerprint density at radius 2 is 0.907 bits per heavy atom. The Kier molecular flexibility index (Phi) is 20.9. The van der Waals surface area contributed by atoms with Gasteiger partial charge >= 0.3 is 37.9 Å². The molecule has 0 heterocycles. The first-order valence-corrected chi connectivity index (χ1v) is 28.7. The molecule has 0 aliphatic carbocycles. The number of hydrogen-bond acceptors (Lipinski definition) is 0. The molecule has 6 aromatic rings. The fourth-order valence-electron chi connectivity index (χ4n) is 7.48. The average Bonchev–Trinajstić information content (AvgIpc) is 3.84. The third kappa shape index (κ3) is 11.9. The van der Waals surface area contributed by atoms with Gasteiger partial charge in [0.05, 0.1) is 0 Å². The summed E-state index contributed by atoms with van der Waals surface area (Å²) in [6, 6.07) is 36.9. The van der Waals surface area contributed by atoms with Crippen LogP contribution in [0.25, 0.3) is 43.8 Å². The molecule has 0 spiro atoms. The number of benzene rings is 4. The molecular weight excluding hydrogens is 791 g/mol. The first-order chi connectivity index (χ1) is 26.2. The molecule has 0 N–H and O–H groups in total. The van der Waals surface area contributed by atoms with Gasteiger partial charge in [-0.2, -0.15) is 12.1 Å². The molecule has 0 nitrogen and oxygen atoms in total. The van der Waals surface area contributed by atoms with Crippen molar-refractivity contribution in [1.29, 1.82) is 0 Å². The summed E-state index contributed by atoms with van der Waals surface area (Å²) in [5.41, 5.74) is 14.7. The first-order valence-electron chi connectivity index (χ1n) is 20.4. The summed E-state index contributed by atoms with van der Waals surface area (Å²) < 4.78 is 0. The van der Waals surface area contributed by atoms with Crippen LogP contribution < -0.4 is 0 Å². The van der Waals surface area contributed by atoms with Gasteiger partial charge in [-0.15, -0.1) is 69.1 Å². The summed E-state index contributed by atoms with van der Waals surface area (Å²) in [6.07, 6.45) is 9.21. The summed E-state index contributed by atoms with van der Waals surface area (Å²) in [4.78, 5) is 0. The summed E-state index contributed by atoms with van der Waals surface area (Å²) >= 11 is -0.826. The molecule has 54 heavy (non-hydrogen) atoms. The number of fused-ring (bicyclic) bond motifs is 2. The molecule has 0 aromatic heterocycles.